The Morgan fingerprint density at radius 2 is 1.86 bits per heavy atom. The van der Waals surface area contributed by atoms with Gasteiger partial charge >= 0.3 is 0 Å². The van der Waals surface area contributed by atoms with E-state index in [1.807, 2.05) is 30.0 Å². The van der Waals surface area contributed by atoms with Crippen molar-refractivity contribution >= 4 is 5.91 Å². The molecule has 156 valence electrons. The quantitative estimate of drug-likeness (QED) is 0.710. The molecular weight excluding hydrogens is 372 g/mol. The summed E-state index contributed by atoms with van der Waals surface area (Å²) < 4.78 is 21.9. The highest BCUT2D eigenvalue weighted by molar-refractivity contribution is 5.95. The second-order valence-corrected chi connectivity index (χ2v) is 7.10. The fourth-order valence-corrected chi connectivity index (χ4v) is 3.57. The van der Waals surface area contributed by atoms with Gasteiger partial charge in [0.25, 0.3) is 5.91 Å². The zero-order chi connectivity index (χ0) is 20.8. The van der Waals surface area contributed by atoms with Crippen LogP contribution < -0.4 is 18.9 Å². The number of rotatable bonds is 7. The summed E-state index contributed by atoms with van der Waals surface area (Å²) in [6.45, 7) is 3.83. The maximum absolute atomic E-state index is 13.1. The Morgan fingerprint density at radius 1 is 1.14 bits per heavy atom. The standard InChI is InChI=1S/C22H28N2O5/c1-15-7-5-9-20(23-15)29-14-16-8-6-10-24(13-16)22(25)17-11-18(26-2)21(28-4)19(12-17)27-3/h5,7,9,11-12,16H,6,8,10,13-14H2,1-4H3. The normalized spacial score (nSPS) is 16.3. The second-order valence-electron chi connectivity index (χ2n) is 7.10. The molecule has 1 amide bonds. The fourth-order valence-electron chi connectivity index (χ4n) is 3.57. The van der Waals surface area contributed by atoms with Gasteiger partial charge in [-0.1, -0.05) is 6.07 Å². The Bertz CT molecular complexity index is 830. The maximum atomic E-state index is 13.1. The second kappa shape index (κ2) is 9.49. The zero-order valence-corrected chi connectivity index (χ0v) is 17.4. The molecule has 0 saturated carbocycles. The van der Waals surface area contributed by atoms with Gasteiger partial charge in [0.15, 0.2) is 11.5 Å². The third kappa shape index (κ3) is 4.91. The molecule has 1 saturated heterocycles. The van der Waals surface area contributed by atoms with Crippen molar-refractivity contribution in [2.24, 2.45) is 5.92 Å². The molecular formula is C22H28N2O5. The number of carbonyl (C=O) groups excluding carboxylic acids is 1. The van der Waals surface area contributed by atoms with Gasteiger partial charge in [-0.3, -0.25) is 4.79 Å². The van der Waals surface area contributed by atoms with Crippen LogP contribution in [0.3, 0.4) is 0 Å². The number of hydrogen-bond acceptors (Lipinski definition) is 6. The number of aromatic nitrogens is 1. The van der Waals surface area contributed by atoms with Crippen LogP contribution in [0.4, 0.5) is 0 Å². The van der Waals surface area contributed by atoms with Crippen LogP contribution in [0.25, 0.3) is 0 Å². The molecule has 7 nitrogen and oxygen atoms in total. The minimum Gasteiger partial charge on any atom is -0.493 e. The van der Waals surface area contributed by atoms with Gasteiger partial charge in [0.1, 0.15) is 0 Å². The zero-order valence-electron chi connectivity index (χ0n) is 17.4. The summed E-state index contributed by atoms with van der Waals surface area (Å²) in [4.78, 5) is 19.4. The molecule has 0 aliphatic carbocycles. The van der Waals surface area contributed by atoms with Crippen molar-refractivity contribution in [3.05, 3.63) is 41.6 Å². The molecule has 7 heteroatoms. The minimum absolute atomic E-state index is 0.0531. The van der Waals surface area contributed by atoms with Crippen LogP contribution in [0.1, 0.15) is 28.9 Å². The predicted molar refractivity (Wildman–Crippen MR) is 109 cm³/mol. The fraction of sp³-hybridized carbons (Fsp3) is 0.455. The van der Waals surface area contributed by atoms with Gasteiger partial charge in [-0.05, 0) is 38.0 Å². The molecule has 1 aromatic heterocycles. The van der Waals surface area contributed by atoms with Gasteiger partial charge in [0.2, 0.25) is 11.6 Å². The number of carbonyl (C=O) groups is 1. The monoisotopic (exact) mass is 400 g/mol. The van der Waals surface area contributed by atoms with E-state index in [4.69, 9.17) is 18.9 Å². The summed E-state index contributed by atoms with van der Waals surface area (Å²) >= 11 is 0. The van der Waals surface area contributed by atoms with Gasteiger partial charge in [-0.25, -0.2) is 4.98 Å². The van der Waals surface area contributed by atoms with Gasteiger partial charge in [-0.2, -0.15) is 0 Å². The van der Waals surface area contributed by atoms with E-state index in [1.54, 1.807) is 33.5 Å². The minimum atomic E-state index is -0.0531. The molecule has 1 aliphatic rings. The van der Waals surface area contributed by atoms with E-state index in [2.05, 4.69) is 4.98 Å². The lowest BCUT2D eigenvalue weighted by atomic mass is 9.98. The lowest BCUT2D eigenvalue weighted by Crippen LogP contribution is -2.41. The van der Waals surface area contributed by atoms with E-state index in [-0.39, 0.29) is 11.8 Å². The Labute approximate surface area is 171 Å². The summed E-state index contributed by atoms with van der Waals surface area (Å²) in [5, 5.41) is 0. The van der Waals surface area contributed by atoms with Crippen LogP contribution in [0.2, 0.25) is 0 Å². The molecule has 1 aliphatic heterocycles. The molecule has 1 unspecified atom stereocenters. The van der Waals surface area contributed by atoms with E-state index < -0.39 is 0 Å². The number of pyridine rings is 1. The number of benzene rings is 1. The number of hydrogen-bond donors (Lipinski definition) is 0. The Kier molecular flexibility index (Phi) is 6.80. The first-order valence-corrected chi connectivity index (χ1v) is 9.71. The van der Waals surface area contributed by atoms with Crippen LogP contribution in [-0.4, -0.2) is 56.8 Å². The SMILES string of the molecule is COc1cc(C(=O)N2CCCC(COc3cccc(C)n3)C2)cc(OC)c1OC. The van der Waals surface area contributed by atoms with Crippen LogP contribution >= 0.6 is 0 Å². The van der Waals surface area contributed by atoms with E-state index in [1.165, 1.54) is 0 Å². The molecule has 0 spiro atoms. The molecule has 29 heavy (non-hydrogen) atoms. The number of aryl methyl sites for hydroxylation is 1. The van der Waals surface area contributed by atoms with Crippen molar-refractivity contribution in [3.8, 4) is 23.1 Å². The van der Waals surface area contributed by atoms with Crippen molar-refractivity contribution in [2.75, 3.05) is 41.0 Å². The molecule has 3 rings (SSSR count). The number of likely N-dealkylation sites (tertiary alicyclic amines) is 1. The maximum Gasteiger partial charge on any atom is 0.254 e. The highest BCUT2D eigenvalue weighted by Crippen LogP contribution is 2.38. The molecule has 0 bridgehead atoms. The van der Waals surface area contributed by atoms with Gasteiger partial charge in [-0.15, -0.1) is 0 Å². The van der Waals surface area contributed by atoms with Gasteiger partial charge in [0, 0.05) is 36.3 Å². The van der Waals surface area contributed by atoms with Gasteiger partial charge < -0.3 is 23.8 Å². The average Bonchev–Trinajstić information content (AvgIpc) is 2.76. The van der Waals surface area contributed by atoms with E-state index in [0.717, 1.165) is 18.5 Å². The van der Waals surface area contributed by atoms with Crippen molar-refractivity contribution in [2.45, 2.75) is 19.8 Å². The molecule has 2 heterocycles. The number of nitrogens with zero attached hydrogens (tertiary/aromatic N) is 2. The largest absolute Gasteiger partial charge is 0.493 e. The predicted octanol–water partition coefficient (Wildman–Crippen LogP) is 3.35. The Hall–Kier alpha value is -2.96. The third-order valence-electron chi connectivity index (χ3n) is 5.05. The number of amides is 1. The average molecular weight is 400 g/mol. The van der Waals surface area contributed by atoms with Crippen molar-refractivity contribution in [1.82, 2.24) is 9.88 Å². The Balaban J connectivity index is 1.69. The first-order valence-electron chi connectivity index (χ1n) is 9.71. The first-order chi connectivity index (χ1) is 14.0. The van der Waals surface area contributed by atoms with Crippen molar-refractivity contribution in [1.29, 1.82) is 0 Å². The van der Waals surface area contributed by atoms with Crippen LogP contribution in [0, 0.1) is 12.8 Å². The molecule has 2 aromatic rings. The highest BCUT2D eigenvalue weighted by Gasteiger charge is 2.27. The number of piperidine rings is 1. The molecule has 1 atom stereocenters. The van der Waals surface area contributed by atoms with Crippen LogP contribution in [0.5, 0.6) is 23.1 Å². The van der Waals surface area contributed by atoms with Crippen molar-refractivity contribution in [3.63, 3.8) is 0 Å². The van der Waals surface area contributed by atoms with E-state index >= 15 is 0 Å². The third-order valence-corrected chi connectivity index (χ3v) is 5.05. The smallest absolute Gasteiger partial charge is 0.254 e. The summed E-state index contributed by atoms with van der Waals surface area (Å²) in [5.74, 6) is 2.25. The van der Waals surface area contributed by atoms with E-state index in [9.17, 15) is 4.79 Å². The summed E-state index contributed by atoms with van der Waals surface area (Å²) in [5.41, 5.74) is 1.44. The molecule has 0 radical (unpaired) electrons. The highest BCUT2D eigenvalue weighted by atomic mass is 16.5. The van der Waals surface area contributed by atoms with Gasteiger partial charge in [0.05, 0.1) is 27.9 Å². The summed E-state index contributed by atoms with van der Waals surface area (Å²) in [6, 6.07) is 9.11. The lowest BCUT2D eigenvalue weighted by Gasteiger charge is -2.32. The molecule has 1 fully saturated rings. The van der Waals surface area contributed by atoms with Crippen LogP contribution in [0.15, 0.2) is 30.3 Å². The van der Waals surface area contributed by atoms with Crippen molar-refractivity contribution < 1.29 is 23.7 Å². The number of ether oxygens (including phenoxy) is 4. The molecule has 0 N–H and O–H groups in total. The Morgan fingerprint density at radius 3 is 2.48 bits per heavy atom. The lowest BCUT2D eigenvalue weighted by molar-refractivity contribution is 0.0630. The molecule has 1 aromatic carbocycles. The van der Waals surface area contributed by atoms with Crippen LogP contribution in [-0.2, 0) is 0 Å². The first kappa shape index (κ1) is 20.8. The topological polar surface area (TPSA) is 70.1 Å². The summed E-state index contributed by atoms with van der Waals surface area (Å²) in [6.07, 6.45) is 1.95. The van der Waals surface area contributed by atoms with E-state index in [0.29, 0.717) is 48.4 Å². The number of methoxy groups -OCH3 is 3. The summed E-state index contributed by atoms with van der Waals surface area (Å²) in [7, 11) is 4.62.